The summed E-state index contributed by atoms with van der Waals surface area (Å²) in [6, 6.07) is 0.687. The Kier molecular flexibility index (Phi) is 7.72. The second-order valence-electron chi connectivity index (χ2n) is 3.43. The molecule has 0 aliphatic rings. The van der Waals surface area contributed by atoms with Gasteiger partial charge in [-0.05, 0) is 26.8 Å². The number of rotatable bonds is 3. The van der Waals surface area contributed by atoms with E-state index in [0.29, 0.717) is 6.04 Å². The molecule has 0 amide bonds. The molecule has 0 N–H and O–H groups in total. The van der Waals surface area contributed by atoms with Crippen LogP contribution in [0.25, 0.3) is 0 Å². The molecule has 0 spiro atoms. The zero-order chi connectivity index (χ0) is 7.44. The van der Waals surface area contributed by atoms with Gasteiger partial charge in [-0.15, -0.1) is 12.4 Å². The lowest BCUT2D eigenvalue weighted by Crippen LogP contribution is -2.29. The summed E-state index contributed by atoms with van der Waals surface area (Å²) in [7, 11) is 2.17. The first-order chi connectivity index (χ1) is 4.04. The van der Waals surface area contributed by atoms with Gasteiger partial charge in [-0.25, -0.2) is 0 Å². The van der Waals surface area contributed by atoms with E-state index in [1.54, 1.807) is 0 Å². The van der Waals surface area contributed by atoms with Crippen LogP contribution in [-0.4, -0.2) is 24.5 Å². The normalized spacial score (nSPS) is 10.8. The molecular formula is C8H20ClN. The Morgan fingerprint density at radius 3 is 1.60 bits per heavy atom. The van der Waals surface area contributed by atoms with Crippen LogP contribution in [0.4, 0.5) is 0 Å². The maximum Gasteiger partial charge on any atom is 0.00356 e. The molecule has 1 nitrogen and oxygen atoms in total. The van der Waals surface area contributed by atoms with Gasteiger partial charge in [-0.1, -0.05) is 13.8 Å². The first-order valence-corrected chi connectivity index (χ1v) is 3.74. The SMILES string of the molecule is CC(C)CN(C)C(C)C.Cl. The molecule has 0 atom stereocenters. The zero-order valence-electron chi connectivity index (χ0n) is 7.72. The Balaban J connectivity index is 0. The van der Waals surface area contributed by atoms with Crippen LogP contribution in [0.2, 0.25) is 0 Å². The molecule has 0 aromatic rings. The standard InChI is InChI=1S/C8H19N.ClH/c1-7(2)6-9(5)8(3)4;/h7-8H,6H2,1-5H3;1H. The predicted octanol–water partition coefficient (Wildman–Crippen LogP) is 2.40. The molecule has 0 saturated heterocycles. The lowest BCUT2D eigenvalue weighted by atomic mass is 10.2. The van der Waals surface area contributed by atoms with Crippen LogP contribution < -0.4 is 0 Å². The lowest BCUT2D eigenvalue weighted by Gasteiger charge is -2.22. The minimum atomic E-state index is 0. The van der Waals surface area contributed by atoms with Gasteiger partial charge in [0.05, 0.1) is 0 Å². The van der Waals surface area contributed by atoms with E-state index in [-0.39, 0.29) is 12.4 Å². The third kappa shape index (κ3) is 6.37. The Morgan fingerprint density at radius 1 is 1.10 bits per heavy atom. The van der Waals surface area contributed by atoms with Gasteiger partial charge in [0, 0.05) is 12.6 Å². The topological polar surface area (TPSA) is 3.24 Å². The van der Waals surface area contributed by atoms with Crippen molar-refractivity contribution in [2.24, 2.45) is 5.92 Å². The summed E-state index contributed by atoms with van der Waals surface area (Å²) in [5, 5.41) is 0. The maximum atomic E-state index is 2.37. The van der Waals surface area contributed by atoms with E-state index in [0.717, 1.165) is 5.92 Å². The average molecular weight is 166 g/mol. The summed E-state index contributed by atoms with van der Waals surface area (Å²) in [5.41, 5.74) is 0. The molecule has 0 fully saturated rings. The molecule has 0 saturated carbocycles. The fourth-order valence-corrected chi connectivity index (χ4v) is 0.787. The molecule has 0 unspecified atom stereocenters. The molecule has 0 aliphatic heterocycles. The van der Waals surface area contributed by atoms with Crippen molar-refractivity contribution in [3.63, 3.8) is 0 Å². The van der Waals surface area contributed by atoms with E-state index in [1.165, 1.54) is 6.54 Å². The molecule has 10 heavy (non-hydrogen) atoms. The summed E-state index contributed by atoms with van der Waals surface area (Å²) in [5.74, 6) is 0.789. The van der Waals surface area contributed by atoms with E-state index in [9.17, 15) is 0 Å². The molecular weight excluding hydrogens is 146 g/mol. The third-order valence-electron chi connectivity index (χ3n) is 1.53. The van der Waals surface area contributed by atoms with Gasteiger partial charge in [0.25, 0.3) is 0 Å². The van der Waals surface area contributed by atoms with E-state index in [1.807, 2.05) is 0 Å². The number of hydrogen-bond donors (Lipinski definition) is 0. The van der Waals surface area contributed by atoms with Crippen LogP contribution in [-0.2, 0) is 0 Å². The molecule has 0 aliphatic carbocycles. The quantitative estimate of drug-likeness (QED) is 0.621. The molecule has 0 aromatic heterocycles. The highest BCUT2D eigenvalue weighted by Gasteiger charge is 2.03. The average Bonchev–Trinajstić information content (AvgIpc) is 1.63. The van der Waals surface area contributed by atoms with Crippen LogP contribution in [0.3, 0.4) is 0 Å². The van der Waals surface area contributed by atoms with E-state index in [4.69, 9.17) is 0 Å². The Hall–Kier alpha value is 0.250. The minimum absolute atomic E-state index is 0. The van der Waals surface area contributed by atoms with Gasteiger partial charge >= 0.3 is 0 Å². The Labute approximate surface area is 71.2 Å². The van der Waals surface area contributed by atoms with Gasteiger partial charge in [0.1, 0.15) is 0 Å². The monoisotopic (exact) mass is 165 g/mol. The molecule has 64 valence electrons. The molecule has 2 heteroatoms. The second-order valence-corrected chi connectivity index (χ2v) is 3.43. The van der Waals surface area contributed by atoms with Crippen LogP contribution in [0, 0.1) is 5.92 Å². The summed E-state index contributed by atoms with van der Waals surface area (Å²) in [6.07, 6.45) is 0. The first-order valence-electron chi connectivity index (χ1n) is 3.74. The molecule has 0 bridgehead atoms. The number of nitrogens with zero attached hydrogens (tertiary/aromatic N) is 1. The van der Waals surface area contributed by atoms with Crippen LogP contribution in [0.5, 0.6) is 0 Å². The van der Waals surface area contributed by atoms with Gasteiger partial charge < -0.3 is 4.90 Å². The highest BCUT2D eigenvalue weighted by Crippen LogP contribution is 1.99. The lowest BCUT2D eigenvalue weighted by molar-refractivity contribution is 0.244. The van der Waals surface area contributed by atoms with Crippen molar-refractivity contribution in [1.82, 2.24) is 4.90 Å². The van der Waals surface area contributed by atoms with Crippen molar-refractivity contribution in [2.75, 3.05) is 13.6 Å². The Bertz CT molecular complexity index is 71.7. The highest BCUT2D eigenvalue weighted by atomic mass is 35.5. The fourth-order valence-electron chi connectivity index (χ4n) is 0.787. The smallest absolute Gasteiger partial charge is 0.00356 e. The van der Waals surface area contributed by atoms with Crippen molar-refractivity contribution in [3.05, 3.63) is 0 Å². The molecule has 0 radical (unpaired) electrons. The predicted molar refractivity (Wildman–Crippen MR) is 49.9 cm³/mol. The van der Waals surface area contributed by atoms with Gasteiger partial charge in [0.2, 0.25) is 0 Å². The van der Waals surface area contributed by atoms with Gasteiger partial charge in [-0.2, -0.15) is 0 Å². The fraction of sp³-hybridized carbons (Fsp3) is 1.00. The molecule has 0 aromatic carbocycles. The number of halogens is 1. The van der Waals surface area contributed by atoms with Crippen molar-refractivity contribution in [3.8, 4) is 0 Å². The first kappa shape index (κ1) is 12.9. The van der Waals surface area contributed by atoms with Crippen molar-refractivity contribution in [2.45, 2.75) is 33.7 Å². The van der Waals surface area contributed by atoms with Crippen molar-refractivity contribution in [1.29, 1.82) is 0 Å². The van der Waals surface area contributed by atoms with Crippen LogP contribution in [0.15, 0.2) is 0 Å². The highest BCUT2D eigenvalue weighted by molar-refractivity contribution is 5.85. The summed E-state index contributed by atoms with van der Waals surface area (Å²) in [6.45, 7) is 10.2. The summed E-state index contributed by atoms with van der Waals surface area (Å²) in [4.78, 5) is 2.37. The second kappa shape index (κ2) is 5.99. The minimum Gasteiger partial charge on any atom is -0.304 e. The summed E-state index contributed by atoms with van der Waals surface area (Å²) >= 11 is 0. The van der Waals surface area contributed by atoms with E-state index in [2.05, 4.69) is 39.6 Å². The summed E-state index contributed by atoms with van der Waals surface area (Å²) < 4.78 is 0. The maximum absolute atomic E-state index is 2.37. The zero-order valence-corrected chi connectivity index (χ0v) is 8.53. The Morgan fingerprint density at radius 2 is 1.50 bits per heavy atom. The van der Waals surface area contributed by atoms with E-state index >= 15 is 0 Å². The van der Waals surface area contributed by atoms with Crippen LogP contribution in [0.1, 0.15) is 27.7 Å². The molecule has 0 rings (SSSR count). The van der Waals surface area contributed by atoms with Crippen LogP contribution >= 0.6 is 12.4 Å². The largest absolute Gasteiger partial charge is 0.304 e. The van der Waals surface area contributed by atoms with Crippen molar-refractivity contribution >= 4 is 12.4 Å². The third-order valence-corrected chi connectivity index (χ3v) is 1.53. The van der Waals surface area contributed by atoms with Crippen molar-refractivity contribution < 1.29 is 0 Å². The number of hydrogen-bond acceptors (Lipinski definition) is 1. The van der Waals surface area contributed by atoms with E-state index < -0.39 is 0 Å². The van der Waals surface area contributed by atoms with Gasteiger partial charge in [-0.3, -0.25) is 0 Å². The van der Waals surface area contributed by atoms with Gasteiger partial charge in [0.15, 0.2) is 0 Å². The molecule has 0 heterocycles.